The Morgan fingerprint density at radius 1 is 0.861 bits per heavy atom. The van der Waals surface area contributed by atoms with E-state index in [1.54, 1.807) is 0 Å². The highest BCUT2D eigenvalue weighted by molar-refractivity contribution is 5.85. The van der Waals surface area contributed by atoms with Gasteiger partial charge in [0, 0.05) is 16.5 Å². The van der Waals surface area contributed by atoms with Gasteiger partial charge in [-0.05, 0) is 104 Å². The average Bonchev–Trinajstić information content (AvgIpc) is 2.92. The molecule has 1 aliphatic rings. The lowest BCUT2D eigenvalue weighted by Crippen LogP contribution is -2.14. The molecule has 1 heteroatoms. The third-order valence-corrected chi connectivity index (χ3v) is 7.92. The van der Waals surface area contributed by atoms with Crippen LogP contribution in [0.3, 0.4) is 0 Å². The van der Waals surface area contributed by atoms with Crippen molar-refractivity contribution in [2.24, 2.45) is 5.92 Å². The van der Waals surface area contributed by atoms with Crippen molar-refractivity contribution in [3.8, 4) is 11.8 Å². The van der Waals surface area contributed by atoms with Crippen molar-refractivity contribution in [2.45, 2.75) is 89.9 Å². The number of rotatable bonds is 10. The summed E-state index contributed by atoms with van der Waals surface area (Å²) in [6.45, 7) is 6.10. The Bertz CT molecular complexity index is 1180. The zero-order valence-electron chi connectivity index (χ0n) is 22.0. The minimum Gasteiger partial charge on any atom is -0.206 e. The van der Waals surface area contributed by atoms with Crippen LogP contribution in [0, 0.1) is 23.6 Å². The second-order valence-electron chi connectivity index (χ2n) is 10.6. The zero-order chi connectivity index (χ0) is 25.2. The lowest BCUT2D eigenvalue weighted by molar-refractivity contribution is 0.308. The molecule has 0 aliphatic heterocycles. The van der Waals surface area contributed by atoms with Gasteiger partial charge in [-0.15, -0.1) is 6.58 Å². The average molecular weight is 481 g/mol. The Balaban J connectivity index is 1.38. The van der Waals surface area contributed by atoms with Crippen molar-refractivity contribution in [1.29, 1.82) is 0 Å². The van der Waals surface area contributed by atoms with Crippen LogP contribution in [0.25, 0.3) is 10.8 Å². The summed E-state index contributed by atoms with van der Waals surface area (Å²) < 4.78 is 15.5. The minimum atomic E-state index is -0.0353. The summed E-state index contributed by atoms with van der Waals surface area (Å²) in [6.07, 6.45) is 16.6. The number of benzene rings is 3. The van der Waals surface area contributed by atoms with Crippen LogP contribution in [0.4, 0.5) is 4.39 Å². The predicted molar refractivity (Wildman–Crippen MR) is 153 cm³/mol. The fourth-order valence-corrected chi connectivity index (χ4v) is 5.65. The lowest BCUT2D eigenvalue weighted by Gasteiger charge is -2.29. The van der Waals surface area contributed by atoms with E-state index in [0.717, 1.165) is 59.1 Å². The standard InChI is InChI=1S/C35H41F/c1-3-5-7-8-9-11-28-12-14-29(15-13-28)16-17-30-20-24-34-32(26-30)23-25-33(35(34)36)31-21-18-27(19-22-31)10-6-4-2/h4,12-15,20,23-27,31H,2-3,5-11,18-19,21-22H2,1H3. The maximum absolute atomic E-state index is 15.5. The molecular weight excluding hydrogens is 439 g/mol. The van der Waals surface area contributed by atoms with E-state index in [4.69, 9.17) is 0 Å². The number of allylic oxidation sites excluding steroid dienone is 1. The Morgan fingerprint density at radius 3 is 2.33 bits per heavy atom. The van der Waals surface area contributed by atoms with Crippen LogP contribution in [-0.2, 0) is 6.42 Å². The molecule has 3 aromatic carbocycles. The Hall–Kier alpha value is -2.85. The van der Waals surface area contributed by atoms with E-state index in [1.807, 2.05) is 30.3 Å². The molecule has 1 aliphatic carbocycles. The summed E-state index contributed by atoms with van der Waals surface area (Å²) >= 11 is 0. The summed E-state index contributed by atoms with van der Waals surface area (Å²) in [6, 6.07) is 18.6. The monoisotopic (exact) mass is 480 g/mol. The SMILES string of the molecule is C=CCCC1CCC(c2ccc3cc(C#Cc4ccc(CCCCCCC)cc4)ccc3c2F)CC1. The van der Waals surface area contributed by atoms with Crippen molar-refractivity contribution >= 4 is 10.8 Å². The van der Waals surface area contributed by atoms with Crippen LogP contribution in [0.2, 0.25) is 0 Å². The second kappa shape index (κ2) is 13.5. The second-order valence-corrected chi connectivity index (χ2v) is 10.6. The van der Waals surface area contributed by atoms with E-state index in [2.05, 4.69) is 55.7 Å². The number of fused-ring (bicyclic) bond motifs is 1. The van der Waals surface area contributed by atoms with Gasteiger partial charge in [-0.3, -0.25) is 0 Å². The van der Waals surface area contributed by atoms with E-state index in [1.165, 1.54) is 56.9 Å². The molecule has 36 heavy (non-hydrogen) atoms. The van der Waals surface area contributed by atoms with Crippen molar-refractivity contribution < 1.29 is 4.39 Å². The molecule has 0 amide bonds. The van der Waals surface area contributed by atoms with Crippen LogP contribution in [0.15, 0.2) is 67.3 Å². The van der Waals surface area contributed by atoms with Gasteiger partial charge in [-0.2, -0.15) is 0 Å². The third kappa shape index (κ3) is 7.10. The molecular formula is C35H41F. The smallest absolute Gasteiger partial charge is 0.134 e. The molecule has 0 atom stereocenters. The van der Waals surface area contributed by atoms with Gasteiger partial charge in [-0.1, -0.05) is 80.9 Å². The maximum Gasteiger partial charge on any atom is 0.134 e. The maximum atomic E-state index is 15.5. The van der Waals surface area contributed by atoms with Gasteiger partial charge in [0.1, 0.15) is 5.82 Å². The van der Waals surface area contributed by atoms with Gasteiger partial charge in [-0.25, -0.2) is 4.39 Å². The topological polar surface area (TPSA) is 0 Å². The first-order chi connectivity index (χ1) is 17.7. The van der Waals surface area contributed by atoms with Crippen molar-refractivity contribution in [3.63, 3.8) is 0 Å². The van der Waals surface area contributed by atoms with Crippen LogP contribution < -0.4 is 0 Å². The van der Waals surface area contributed by atoms with E-state index in [9.17, 15) is 0 Å². The van der Waals surface area contributed by atoms with Gasteiger partial charge in [0.2, 0.25) is 0 Å². The highest BCUT2D eigenvalue weighted by Crippen LogP contribution is 2.39. The number of hydrogen-bond acceptors (Lipinski definition) is 0. The summed E-state index contributed by atoms with van der Waals surface area (Å²) in [7, 11) is 0. The summed E-state index contributed by atoms with van der Waals surface area (Å²) in [4.78, 5) is 0. The van der Waals surface area contributed by atoms with Crippen LogP contribution in [0.1, 0.15) is 106 Å². The van der Waals surface area contributed by atoms with Crippen molar-refractivity contribution in [3.05, 3.63) is 95.3 Å². The summed E-state index contributed by atoms with van der Waals surface area (Å²) in [5, 5.41) is 1.65. The molecule has 1 saturated carbocycles. The first-order valence-electron chi connectivity index (χ1n) is 14.1. The molecule has 4 rings (SSSR count). The highest BCUT2D eigenvalue weighted by atomic mass is 19.1. The van der Waals surface area contributed by atoms with Crippen LogP contribution in [0.5, 0.6) is 0 Å². The van der Waals surface area contributed by atoms with Crippen molar-refractivity contribution in [2.75, 3.05) is 0 Å². The Morgan fingerprint density at radius 2 is 1.58 bits per heavy atom. The molecule has 0 N–H and O–H groups in total. The van der Waals surface area contributed by atoms with Gasteiger partial charge in [0.15, 0.2) is 0 Å². The molecule has 1 fully saturated rings. The summed E-state index contributed by atoms with van der Waals surface area (Å²) in [5.41, 5.74) is 4.24. The number of unbranched alkanes of at least 4 members (excludes halogenated alkanes) is 4. The van der Waals surface area contributed by atoms with Gasteiger partial charge < -0.3 is 0 Å². The molecule has 188 valence electrons. The largest absolute Gasteiger partial charge is 0.206 e. The molecule has 0 aromatic heterocycles. The minimum absolute atomic E-state index is 0.0353. The molecule has 0 unspecified atom stereocenters. The van der Waals surface area contributed by atoms with E-state index in [-0.39, 0.29) is 5.82 Å². The van der Waals surface area contributed by atoms with Gasteiger partial charge >= 0.3 is 0 Å². The normalized spacial score (nSPS) is 17.5. The van der Waals surface area contributed by atoms with Gasteiger partial charge in [0.05, 0.1) is 0 Å². The highest BCUT2D eigenvalue weighted by Gasteiger charge is 2.24. The molecule has 3 aromatic rings. The zero-order valence-corrected chi connectivity index (χ0v) is 22.0. The van der Waals surface area contributed by atoms with Crippen LogP contribution >= 0.6 is 0 Å². The first-order valence-corrected chi connectivity index (χ1v) is 14.1. The number of aryl methyl sites for hydroxylation is 1. The van der Waals surface area contributed by atoms with E-state index < -0.39 is 0 Å². The molecule has 0 nitrogen and oxygen atoms in total. The Kier molecular flexibility index (Phi) is 9.80. The fraction of sp³-hybridized carbons (Fsp3) is 0.429. The molecule has 0 spiro atoms. The molecule has 0 heterocycles. The van der Waals surface area contributed by atoms with Crippen molar-refractivity contribution in [1.82, 2.24) is 0 Å². The van der Waals surface area contributed by atoms with E-state index >= 15 is 4.39 Å². The number of hydrogen-bond donors (Lipinski definition) is 0. The number of halogens is 1. The molecule has 0 radical (unpaired) electrons. The quantitative estimate of drug-likeness (QED) is 0.154. The summed E-state index contributed by atoms with van der Waals surface area (Å²) in [5.74, 6) is 7.64. The fourth-order valence-electron chi connectivity index (χ4n) is 5.65. The van der Waals surface area contributed by atoms with E-state index in [0.29, 0.717) is 5.92 Å². The van der Waals surface area contributed by atoms with Gasteiger partial charge in [0.25, 0.3) is 0 Å². The first kappa shape index (κ1) is 26.2. The molecule has 0 bridgehead atoms. The molecule has 0 saturated heterocycles. The van der Waals surface area contributed by atoms with Crippen LogP contribution in [-0.4, -0.2) is 0 Å². The third-order valence-electron chi connectivity index (χ3n) is 7.92. The predicted octanol–water partition coefficient (Wildman–Crippen LogP) is 10.1. The lowest BCUT2D eigenvalue weighted by atomic mass is 9.76. The Labute approximate surface area is 218 Å².